The summed E-state index contributed by atoms with van der Waals surface area (Å²) in [5.41, 5.74) is 0. The van der Waals surface area contributed by atoms with Gasteiger partial charge in [-0.3, -0.25) is 4.79 Å². The monoisotopic (exact) mass is 248 g/mol. The maximum Gasteiger partial charge on any atom is 0.248 e. The molecule has 0 heterocycles. The van der Waals surface area contributed by atoms with Gasteiger partial charge in [0, 0.05) is 25.3 Å². The van der Waals surface area contributed by atoms with Crippen molar-refractivity contribution in [3.63, 3.8) is 0 Å². The van der Waals surface area contributed by atoms with E-state index in [1.165, 1.54) is 0 Å². The van der Waals surface area contributed by atoms with Crippen LogP contribution < -0.4 is 10.6 Å². The Kier molecular flexibility index (Phi) is 5.31. The quantitative estimate of drug-likeness (QED) is 0.778. The van der Waals surface area contributed by atoms with Gasteiger partial charge in [-0.1, -0.05) is 6.92 Å². The molecule has 0 radical (unpaired) electrons. The highest BCUT2D eigenvalue weighted by Gasteiger charge is 2.37. The van der Waals surface area contributed by atoms with E-state index in [2.05, 4.69) is 10.6 Å². The van der Waals surface area contributed by atoms with Crippen LogP contribution in [0.1, 0.15) is 32.6 Å². The summed E-state index contributed by atoms with van der Waals surface area (Å²) < 4.78 is 25.8. The van der Waals surface area contributed by atoms with E-state index in [1.807, 2.05) is 14.0 Å². The minimum Gasteiger partial charge on any atom is -0.356 e. The first-order valence-electron chi connectivity index (χ1n) is 6.25. The number of halogens is 2. The molecule has 0 aliphatic heterocycles. The minimum atomic E-state index is -2.56. The molecule has 5 heteroatoms. The Morgan fingerprint density at radius 2 is 1.94 bits per heavy atom. The fourth-order valence-corrected chi connectivity index (χ4v) is 2.14. The van der Waals surface area contributed by atoms with E-state index in [4.69, 9.17) is 0 Å². The van der Waals surface area contributed by atoms with Crippen molar-refractivity contribution < 1.29 is 13.6 Å². The van der Waals surface area contributed by atoms with Gasteiger partial charge in [-0.25, -0.2) is 8.78 Å². The molecule has 2 N–H and O–H groups in total. The predicted molar refractivity (Wildman–Crippen MR) is 63.0 cm³/mol. The number of amides is 1. The van der Waals surface area contributed by atoms with Crippen molar-refractivity contribution in [1.29, 1.82) is 0 Å². The molecule has 0 bridgehead atoms. The zero-order valence-electron chi connectivity index (χ0n) is 10.6. The first kappa shape index (κ1) is 14.4. The van der Waals surface area contributed by atoms with Crippen LogP contribution in [-0.4, -0.2) is 32.0 Å². The van der Waals surface area contributed by atoms with E-state index >= 15 is 0 Å². The second-order valence-electron chi connectivity index (χ2n) is 5.04. The van der Waals surface area contributed by atoms with Crippen LogP contribution in [-0.2, 0) is 4.79 Å². The SMILES string of the molecule is CNCC(C)CNC(=O)C1CCC(F)(F)CC1. The highest BCUT2D eigenvalue weighted by molar-refractivity contribution is 5.78. The van der Waals surface area contributed by atoms with Crippen molar-refractivity contribution >= 4 is 5.91 Å². The van der Waals surface area contributed by atoms with E-state index < -0.39 is 5.92 Å². The van der Waals surface area contributed by atoms with Crippen molar-refractivity contribution in [2.24, 2.45) is 11.8 Å². The average molecular weight is 248 g/mol. The molecule has 1 aliphatic rings. The average Bonchev–Trinajstić information content (AvgIpc) is 2.26. The molecule has 1 aliphatic carbocycles. The summed E-state index contributed by atoms with van der Waals surface area (Å²) in [5, 5.41) is 5.87. The zero-order chi connectivity index (χ0) is 12.9. The topological polar surface area (TPSA) is 41.1 Å². The largest absolute Gasteiger partial charge is 0.356 e. The van der Waals surface area contributed by atoms with Gasteiger partial charge >= 0.3 is 0 Å². The van der Waals surface area contributed by atoms with Crippen molar-refractivity contribution in [2.45, 2.75) is 38.5 Å². The van der Waals surface area contributed by atoms with Crippen molar-refractivity contribution in [2.75, 3.05) is 20.1 Å². The molecule has 0 spiro atoms. The summed E-state index contributed by atoms with van der Waals surface area (Å²) in [6, 6.07) is 0. The fourth-order valence-electron chi connectivity index (χ4n) is 2.14. The molecule has 17 heavy (non-hydrogen) atoms. The number of hydrogen-bond acceptors (Lipinski definition) is 2. The number of hydrogen-bond donors (Lipinski definition) is 2. The highest BCUT2D eigenvalue weighted by atomic mass is 19.3. The summed E-state index contributed by atoms with van der Waals surface area (Å²) in [6.07, 6.45) is 0.298. The van der Waals surface area contributed by atoms with E-state index in [0.29, 0.717) is 25.3 Å². The number of rotatable bonds is 5. The van der Waals surface area contributed by atoms with Crippen LogP contribution in [0.3, 0.4) is 0 Å². The molecule has 1 amide bonds. The molecule has 3 nitrogen and oxygen atoms in total. The van der Waals surface area contributed by atoms with Crippen LogP contribution in [0.15, 0.2) is 0 Å². The van der Waals surface area contributed by atoms with Gasteiger partial charge in [0.05, 0.1) is 0 Å². The lowest BCUT2D eigenvalue weighted by molar-refractivity contribution is -0.129. The Morgan fingerprint density at radius 1 is 1.35 bits per heavy atom. The summed E-state index contributed by atoms with van der Waals surface area (Å²) >= 11 is 0. The molecule has 0 aromatic rings. The molecule has 1 unspecified atom stereocenters. The lowest BCUT2D eigenvalue weighted by Crippen LogP contribution is -2.39. The molecule has 1 saturated carbocycles. The zero-order valence-corrected chi connectivity index (χ0v) is 10.6. The fraction of sp³-hybridized carbons (Fsp3) is 0.917. The molecule has 0 aromatic heterocycles. The van der Waals surface area contributed by atoms with Gasteiger partial charge in [-0.05, 0) is 32.4 Å². The minimum absolute atomic E-state index is 0.0662. The van der Waals surface area contributed by atoms with Gasteiger partial charge in [-0.2, -0.15) is 0 Å². The van der Waals surface area contributed by atoms with Gasteiger partial charge in [0.1, 0.15) is 0 Å². The van der Waals surface area contributed by atoms with Gasteiger partial charge in [0.2, 0.25) is 11.8 Å². The third-order valence-electron chi connectivity index (χ3n) is 3.27. The lowest BCUT2D eigenvalue weighted by atomic mass is 9.86. The number of nitrogens with one attached hydrogen (secondary N) is 2. The molecule has 0 saturated heterocycles. The Morgan fingerprint density at radius 3 is 2.47 bits per heavy atom. The summed E-state index contributed by atoms with van der Waals surface area (Å²) in [7, 11) is 1.86. The first-order chi connectivity index (χ1) is 7.94. The van der Waals surface area contributed by atoms with Crippen LogP contribution in [0.2, 0.25) is 0 Å². The van der Waals surface area contributed by atoms with Crippen molar-refractivity contribution in [1.82, 2.24) is 10.6 Å². The maximum absolute atomic E-state index is 12.9. The molecular weight excluding hydrogens is 226 g/mol. The summed E-state index contributed by atoms with van der Waals surface area (Å²) in [6.45, 7) is 3.47. The predicted octanol–water partition coefficient (Wildman–Crippen LogP) is 1.78. The summed E-state index contributed by atoms with van der Waals surface area (Å²) in [5.74, 6) is -2.50. The Hall–Kier alpha value is -0.710. The third kappa shape index (κ3) is 4.98. The number of alkyl halides is 2. The van der Waals surface area contributed by atoms with Crippen LogP contribution in [0.5, 0.6) is 0 Å². The molecule has 1 atom stereocenters. The maximum atomic E-state index is 12.9. The molecule has 1 rings (SSSR count). The standard InChI is InChI=1S/C12H22F2N2O/c1-9(7-15-2)8-16-11(17)10-3-5-12(13,14)6-4-10/h9-10,15H,3-8H2,1-2H3,(H,16,17). The van der Waals surface area contributed by atoms with Crippen LogP contribution in [0.25, 0.3) is 0 Å². The van der Waals surface area contributed by atoms with Crippen molar-refractivity contribution in [3.05, 3.63) is 0 Å². The van der Waals surface area contributed by atoms with E-state index in [9.17, 15) is 13.6 Å². The van der Waals surface area contributed by atoms with Crippen LogP contribution in [0.4, 0.5) is 8.78 Å². The Labute approximate surface area is 101 Å². The number of carbonyl (C=O) groups excluding carboxylic acids is 1. The second kappa shape index (κ2) is 6.28. The molecule has 1 fully saturated rings. The van der Waals surface area contributed by atoms with E-state index in [-0.39, 0.29) is 24.7 Å². The smallest absolute Gasteiger partial charge is 0.248 e. The van der Waals surface area contributed by atoms with Gasteiger partial charge in [-0.15, -0.1) is 0 Å². The van der Waals surface area contributed by atoms with Gasteiger partial charge < -0.3 is 10.6 Å². The highest BCUT2D eigenvalue weighted by Crippen LogP contribution is 2.36. The Bertz CT molecular complexity index is 249. The second-order valence-corrected chi connectivity index (χ2v) is 5.04. The lowest BCUT2D eigenvalue weighted by Gasteiger charge is -2.27. The van der Waals surface area contributed by atoms with Crippen LogP contribution in [0, 0.1) is 11.8 Å². The Balaban J connectivity index is 2.25. The van der Waals surface area contributed by atoms with Gasteiger partial charge in [0.25, 0.3) is 0 Å². The normalized spacial score (nSPS) is 22.1. The molecule has 100 valence electrons. The molecular formula is C12H22F2N2O. The van der Waals surface area contributed by atoms with Gasteiger partial charge in [0.15, 0.2) is 0 Å². The number of carbonyl (C=O) groups is 1. The third-order valence-corrected chi connectivity index (χ3v) is 3.27. The first-order valence-corrected chi connectivity index (χ1v) is 6.25. The summed E-state index contributed by atoms with van der Waals surface area (Å²) in [4.78, 5) is 11.7. The molecule has 0 aromatic carbocycles. The van der Waals surface area contributed by atoms with Crippen molar-refractivity contribution in [3.8, 4) is 0 Å². The van der Waals surface area contributed by atoms with E-state index in [1.54, 1.807) is 0 Å². The van der Waals surface area contributed by atoms with E-state index in [0.717, 1.165) is 6.54 Å². The van der Waals surface area contributed by atoms with Crippen LogP contribution >= 0.6 is 0 Å².